The van der Waals surface area contributed by atoms with E-state index in [9.17, 15) is 0 Å². The number of hydrogen-bond acceptors (Lipinski definition) is 1. The van der Waals surface area contributed by atoms with Crippen LogP contribution in [0.25, 0.3) is 21.5 Å². The Kier molecular flexibility index (Phi) is 8.09. The number of nitrogens with zero attached hydrogens (tertiary/aromatic N) is 2. The normalized spacial score (nSPS) is 20.0. The average molecular weight is 544 g/mol. The largest absolute Gasteiger partial charge is 0.244 e. The summed E-state index contributed by atoms with van der Waals surface area (Å²) in [4.78, 5) is 2.63. The van der Waals surface area contributed by atoms with Crippen molar-refractivity contribution in [2.45, 2.75) is 102 Å². The Bertz CT molecular complexity index is 1520. The quantitative estimate of drug-likeness (QED) is 0.232. The van der Waals surface area contributed by atoms with Gasteiger partial charge in [0.1, 0.15) is 24.5 Å². The zero-order chi connectivity index (χ0) is 27.4. The smallest absolute Gasteiger partial charge is 0.229 e. The van der Waals surface area contributed by atoms with Gasteiger partial charge in [-0.3, -0.25) is 0 Å². The Labute approximate surface area is 247 Å². The van der Waals surface area contributed by atoms with Crippen molar-refractivity contribution in [2.75, 3.05) is 18.0 Å². The molecule has 212 valence electrons. The molecule has 0 atom stereocenters. The van der Waals surface area contributed by atoms with Crippen LogP contribution in [0.5, 0.6) is 0 Å². The van der Waals surface area contributed by atoms with Gasteiger partial charge in [-0.25, -0.2) is 9.48 Å². The maximum absolute atomic E-state index is 2.63. The van der Waals surface area contributed by atoms with Gasteiger partial charge in [-0.1, -0.05) is 137 Å². The zero-order valence-corrected chi connectivity index (χ0v) is 24.9. The van der Waals surface area contributed by atoms with E-state index in [1.165, 1.54) is 123 Å². The number of fused-ring (bicyclic) bond motifs is 2. The zero-order valence-electron chi connectivity index (χ0n) is 24.9. The third kappa shape index (κ3) is 5.55. The Balaban J connectivity index is 1.34. The van der Waals surface area contributed by atoms with Gasteiger partial charge >= 0.3 is 0 Å². The fourth-order valence-electron chi connectivity index (χ4n) is 8.22. The Morgan fingerprint density at radius 2 is 1.02 bits per heavy atom. The summed E-state index contributed by atoms with van der Waals surface area (Å²) in [5.41, 5.74) is 6.12. The second-order valence-corrected chi connectivity index (χ2v) is 13.0. The van der Waals surface area contributed by atoms with E-state index in [0.717, 1.165) is 13.1 Å². The molecule has 0 aromatic heterocycles. The van der Waals surface area contributed by atoms with Crippen molar-refractivity contribution < 1.29 is 4.58 Å². The molecule has 0 N–H and O–H groups in total. The minimum absolute atomic E-state index is 0.667. The molecule has 0 amide bonds. The molecule has 3 aliphatic rings. The number of anilines is 1. The van der Waals surface area contributed by atoms with Crippen molar-refractivity contribution in [3.63, 3.8) is 0 Å². The lowest BCUT2D eigenvalue weighted by Crippen LogP contribution is -2.21. The van der Waals surface area contributed by atoms with Crippen LogP contribution < -0.4 is 4.90 Å². The highest BCUT2D eigenvalue weighted by atomic mass is 15.3. The summed E-state index contributed by atoms with van der Waals surface area (Å²) >= 11 is 0. The van der Waals surface area contributed by atoms with Gasteiger partial charge in [0.2, 0.25) is 6.34 Å². The molecule has 0 saturated heterocycles. The third-order valence-corrected chi connectivity index (χ3v) is 10.4. The summed E-state index contributed by atoms with van der Waals surface area (Å²) in [6, 6.07) is 27.9. The second-order valence-electron chi connectivity index (χ2n) is 13.0. The van der Waals surface area contributed by atoms with Gasteiger partial charge in [-0.2, -0.15) is 0 Å². The first-order valence-electron chi connectivity index (χ1n) is 16.8. The van der Waals surface area contributed by atoms with Gasteiger partial charge in [-0.05, 0) is 48.3 Å². The van der Waals surface area contributed by atoms with Crippen LogP contribution in [0.2, 0.25) is 0 Å². The molecule has 2 heteroatoms. The SMILES string of the molecule is C1=[N+](c2c(C3CCCCCCC3)ccc3ccccc23)CCN1c1c(C2CCCCCCC2)ccc2ccccc12. The Morgan fingerprint density at radius 3 is 1.68 bits per heavy atom. The summed E-state index contributed by atoms with van der Waals surface area (Å²) in [5, 5.41) is 5.57. The maximum atomic E-state index is 2.63. The van der Waals surface area contributed by atoms with Crippen molar-refractivity contribution in [1.29, 1.82) is 0 Å². The van der Waals surface area contributed by atoms with Crippen LogP contribution >= 0.6 is 0 Å². The van der Waals surface area contributed by atoms with Crippen LogP contribution in [-0.2, 0) is 0 Å². The molecule has 2 saturated carbocycles. The number of rotatable bonds is 4. The molecule has 2 fully saturated rings. The summed E-state index contributed by atoms with van der Waals surface area (Å²) in [5.74, 6) is 1.33. The summed E-state index contributed by atoms with van der Waals surface area (Å²) in [6.45, 7) is 2.09. The number of benzene rings is 4. The van der Waals surface area contributed by atoms with E-state index in [1.54, 1.807) is 11.1 Å². The van der Waals surface area contributed by atoms with Crippen LogP contribution in [0, 0.1) is 0 Å². The average Bonchev–Trinajstić information content (AvgIpc) is 3.45. The highest BCUT2D eigenvalue weighted by Gasteiger charge is 2.32. The fourth-order valence-corrected chi connectivity index (χ4v) is 8.22. The van der Waals surface area contributed by atoms with Gasteiger partial charge in [0, 0.05) is 21.9 Å². The lowest BCUT2D eigenvalue weighted by molar-refractivity contribution is -0.423. The monoisotopic (exact) mass is 543 g/mol. The van der Waals surface area contributed by atoms with E-state index < -0.39 is 0 Å². The Morgan fingerprint density at radius 1 is 0.512 bits per heavy atom. The van der Waals surface area contributed by atoms with Crippen molar-refractivity contribution in [1.82, 2.24) is 0 Å². The molecular formula is C39H47N2+. The lowest BCUT2D eigenvalue weighted by atomic mass is 9.84. The first-order chi connectivity index (χ1) is 20.4. The molecule has 1 heterocycles. The minimum Gasteiger partial charge on any atom is -0.229 e. The second kappa shape index (κ2) is 12.4. The first kappa shape index (κ1) is 26.7. The van der Waals surface area contributed by atoms with Gasteiger partial charge in [0.05, 0.1) is 0 Å². The lowest BCUT2D eigenvalue weighted by Gasteiger charge is -2.24. The molecule has 2 nitrogen and oxygen atoms in total. The highest BCUT2D eigenvalue weighted by Crippen LogP contribution is 2.43. The molecule has 41 heavy (non-hydrogen) atoms. The van der Waals surface area contributed by atoms with Crippen LogP contribution in [0.3, 0.4) is 0 Å². The van der Waals surface area contributed by atoms with Gasteiger partial charge in [0.25, 0.3) is 0 Å². The summed E-state index contributed by atoms with van der Waals surface area (Å²) in [7, 11) is 0. The first-order valence-corrected chi connectivity index (χ1v) is 16.8. The standard InChI is InChI=1S/C39H47N2/c1-3-7-15-30(16-8-4-1)36-25-23-32-19-11-13-21-34(32)38(36)40-27-28-41(29-40)39-35-22-14-12-20-33(35)24-26-37(39)31-17-9-5-2-6-10-18-31/h11-14,19-26,29-31H,1-10,15-18,27-28H2/q+1. The molecule has 2 aliphatic carbocycles. The predicted octanol–water partition coefficient (Wildman–Crippen LogP) is 10.8. The minimum atomic E-state index is 0.667. The fraction of sp³-hybridized carbons (Fsp3) is 0.462. The molecular weight excluding hydrogens is 496 g/mol. The predicted molar refractivity (Wildman–Crippen MR) is 176 cm³/mol. The van der Waals surface area contributed by atoms with Gasteiger partial charge < -0.3 is 0 Å². The maximum Gasteiger partial charge on any atom is 0.244 e. The van der Waals surface area contributed by atoms with Crippen LogP contribution in [-0.4, -0.2) is 24.0 Å². The topological polar surface area (TPSA) is 6.25 Å². The molecule has 0 unspecified atom stereocenters. The van der Waals surface area contributed by atoms with Crippen molar-refractivity contribution >= 4 is 39.3 Å². The molecule has 4 aromatic rings. The van der Waals surface area contributed by atoms with Gasteiger partial charge in [-0.15, -0.1) is 0 Å². The van der Waals surface area contributed by atoms with Crippen LogP contribution in [0.15, 0.2) is 72.8 Å². The molecule has 1 aliphatic heterocycles. The number of hydrogen-bond donors (Lipinski definition) is 0. The van der Waals surface area contributed by atoms with E-state index in [1.807, 2.05) is 0 Å². The third-order valence-electron chi connectivity index (χ3n) is 10.4. The van der Waals surface area contributed by atoms with E-state index in [4.69, 9.17) is 0 Å². The van der Waals surface area contributed by atoms with Crippen molar-refractivity contribution in [3.05, 3.63) is 83.9 Å². The van der Waals surface area contributed by atoms with Crippen LogP contribution in [0.1, 0.15) is 113 Å². The summed E-state index contributed by atoms with van der Waals surface area (Å²) in [6.07, 6.45) is 21.7. The van der Waals surface area contributed by atoms with E-state index in [-0.39, 0.29) is 0 Å². The van der Waals surface area contributed by atoms with E-state index in [0.29, 0.717) is 11.8 Å². The van der Waals surface area contributed by atoms with Crippen LogP contribution in [0.4, 0.5) is 11.4 Å². The van der Waals surface area contributed by atoms with E-state index in [2.05, 4.69) is 88.6 Å². The van der Waals surface area contributed by atoms with Crippen molar-refractivity contribution in [2.24, 2.45) is 0 Å². The summed E-state index contributed by atoms with van der Waals surface area (Å²) < 4.78 is 2.63. The van der Waals surface area contributed by atoms with Gasteiger partial charge in [0.15, 0.2) is 0 Å². The Hall–Kier alpha value is -3.13. The highest BCUT2D eigenvalue weighted by molar-refractivity contribution is 6.01. The molecule has 0 bridgehead atoms. The molecule has 0 spiro atoms. The van der Waals surface area contributed by atoms with E-state index >= 15 is 0 Å². The molecule has 7 rings (SSSR count). The van der Waals surface area contributed by atoms with Crippen molar-refractivity contribution in [3.8, 4) is 0 Å². The molecule has 4 aromatic carbocycles. The molecule has 0 radical (unpaired) electrons.